The molecule has 3 atom stereocenters. The number of benzene rings is 1. The molecule has 0 saturated carbocycles. The molecule has 1 saturated heterocycles. The van der Waals surface area contributed by atoms with E-state index in [2.05, 4.69) is 56.0 Å². The third-order valence-corrected chi connectivity index (χ3v) is 4.53. The maximum atomic E-state index is 6.06. The van der Waals surface area contributed by atoms with Crippen LogP contribution in [0.25, 0.3) is 0 Å². The summed E-state index contributed by atoms with van der Waals surface area (Å²) in [6, 6.07) is 11.9. The van der Waals surface area contributed by atoms with Crippen molar-refractivity contribution in [3.8, 4) is 0 Å². The number of hydrogen-bond acceptors (Lipinski definition) is 2. The van der Waals surface area contributed by atoms with E-state index < -0.39 is 0 Å². The predicted octanol–water partition coefficient (Wildman–Crippen LogP) is 3.44. The summed E-state index contributed by atoms with van der Waals surface area (Å²) in [5.41, 5.74) is 7.49. The van der Waals surface area contributed by atoms with Crippen LogP contribution >= 0.6 is 0 Å². The molecule has 2 rings (SSSR count). The van der Waals surface area contributed by atoms with Crippen molar-refractivity contribution in [3.05, 3.63) is 35.9 Å². The Labute approximate surface area is 118 Å². The zero-order valence-electron chi connectivity index (χ0n) is 12.5. The van der Waals surface area contributed by atoms with Gasteiger partial charge in [0.15, 0.2) is 0 Å². The summed E-state index contributed by atoms with van der Waals surface area (Å²) in [6.45, 7) is 8.96. The first-order valence-corrected chi connectivity index (χ1v) is 7.66. The minimum atomic E-state index is 0.498. The highest BCUT2D eigenvalue weighted by Crippen LogP contribution is 2.35. The van der Waals surface area contributed by atoms with E-state index in [-0.39, 0.29) is 0 Å². The smallest absolute Gasteiger partial charge is 0.0374 e. The fourth-order valence-electron chi connectivity index (χ4n) is 3.60. The van der Waals surface area contributed by atoms with Gasteiger partial charge in [-0.15, -0.1) is 0 Å². The van der Waals surface area contributed by atoms with E-state index in [0.717, 1.165) is 6.54 Å². The summed E-state index contributed by atoms with van der Waals surface area (Å²) in [5, 5.41) is 0. The summed E-state index contributed by atoms with van der Waals surface area (Å²) in [4.78, 5) is 2.66. The number of rotatable bonds is 4. The van der Waals surface area contributed by atoms with Crippen molar-refractivity contribution in [2.24, 2.45) is 17.6 Å². The average Bonchev–Trinajstić information content (AvgIpc) is 2.40. The largest absolute Gasteiger partial charge is 0.329 e. The Balaban J connectivity index is 2.28. The Morgan fingerprint density at radius 1 is 1.26 bits per heavy atom. The number of nitrogens with zero attached hydrogens (tertiary/aromatic N) is 1. The van der Waals surface area contributed by atoms with Crippen molar-refractivity contribution < 1.29 is 0 Å². The van der Waals surface area contributed by atoms with Gasteiger partial charge in [-0.3, -0.25) is 4.90 Å². The lowest BCUT2D eigenvalue weighted by atomic mass is 9.85. The standard InChI is InChI=1S/C17H28N2/c1-13(2)17(15-9-5-4-6-10-15)19-11-7-8-14(3)16(19)12-18/h4-6,9-10,13-14,16-17H,7-8,11-12,18H2,1-3H3. The predicted molar refractivity (Wildman–Crippen MR) is 82.0 cm³/mol. The second-order valence-electron chi connectivity index (χ2n) is 6.26. The van der Waals surface area contributed by atoms with E-state index in [1.807, 2.05) is 0 Å². The average molecular weight is 260 g/mol. The normalized spacial score (nSPS) is 26.6. The summed E-state index contributed by atoms with van der Waals surface area (Å²) >= 11 is 0. The molecule has 1 aliphatic rings. The maximum absolute atomic E-state index is 6.06. The number of piperidine rings is 1. The van der Waals surface area contributed by atoms with Gasteiger partial charge in [0.25, 0.3) is 0 Å². The van der Waals surface area contributed by atoms with E-state index in [9.17, 15) is 0 Å². The molecule has 0 spiro atoms. The second-order valence-corrected chi connectivity index (χ2v) is 6.26. The molecule has 0 aliphatic carbocycles. The molecule has 1 aromatic rings. The van der Waals surface area contributed by atoms with Crippen LogP contribution in [0.15, 0.2) is 30.3 Å². The van der Waals surface area contributed by atoms with Crippen molar-refractivity contribution in [2.75, 3.05) is 13.1 Å². The minimum absolute atomic E-state index is 0.498. The summed E-state index contributed by atoms with van der Waals surface area (Å²) in [6.07, 6.45) is 2.62. The molecule has 1 aromatic carbocycles. The molecular weight excluding hydrogens is 232 g/mol. The minimum Gasteiger partial charge on any atom is -0.329 e. The van der Waals surface area contributed by atoms with Gasteiger partial charge >= 0.3 is 0 Å². The highest BCUT2D eigenvalue weighted by molar-refractivity contribution is 5.20. The molecule has 0 bridgehead atoms. The third kappa shape index (κ3) is 3.18. The van der Waals surface area contributed by atoms with Crippen LogP contribution in [0.2, 0.25) is 0 Å². The third-order valence-electron chi connectivity index (χ3n) is 4.53. The molecule has 19 heavy (non-hydrogen) atoms. The second kappa shape index (κ2) is 6.53. The Kier molecular flexibility index (Phi) is 5.00. The molecule has 1 aliphatic heterocycles. The summed E-state index contributed by atoms with van der Waals surface area (Å²) < 4.78 is 0. The highest BCUT2D eigenvalue weighted by Gasteiger charge is 2.34. The fourth-order valence-corrected chi connectivity index (χ4v) is 3.60. The molecule has 0 radical (unpaired) electrons. The van der Waals surface area contributed by atoms with E-state index in [1.165, 1.54) is 24.9 Å². The summed E-state index contributed by atoms with van der Waals surface area (Å²) in [7, 11) is 0. The maximum Gasteiger partial charge on any atom is 0.0374 e. The van der Waals surface area contributed by atoms with Crippen LogP contribution in [0.4, 0.5) is 0 Å². The van der Waals surface area contributed by atoms with Crippen molar-refractivity contribution in [3.63, 3.8) is 0 Å². The van der Waals surface area contributed by atoms with Gasteiger partial charge in [0, 0.05) is 18.6 Å². The Bertz CT molecular complexity index is 374. The Hall–Kier alpha value is -0.860. The topological polar surface area (TPSA) is 29.3 Å². The van der Waals surface area contributed by atoms with Gasteiger partial charge in [0.1, 0.15) is 0 Å². The van der Waals surface area contributed by atoms with Crippen LogP contribution < -0.4 is 5.73 Å². The molecule has 2 nitrogen and oxygen atoms in total. The summed E-state index contributed by atoms with van der Waals surface area (Å²) in [5.74, 6) is 1.32. The number of likely N-dealkylation sites (tertiary alicyclic amines) is 1. The molecule has 3 unspecified atom stereocenters. The fraction of sp³-hybridized carbons (Fsp3) is 0.647. The molecular formula is C17H28N2. The van der Waals surface area contributed by atoms with E-state index in [0.29, 0.717) is 23.9 Å². The van der Waals surface area contributed by atoms with Gasteiger partial charge in [-0.05, 0) is 36.8 Å². The van der Waals surface area contributed by atoms with Gasteiger partial charge in [-0.25, -0.2) is 0 Å². The van der Waals surface area contributed by atoms with Gasteiger partial charge in [0.2, 0.25) is 0 Å². The molecule has 2 N–H and O–H groups in total. The van der Waals surface area contributed by atoms with Gasteiger partial charge in [-0.2, -0.15) is 0 Å². The van der Waals surface area contributed by atoms with Crippen molar-refractivity contribution in [1.82, 2.24) is 4.90 Å². The molecule has 1 fully saturated rings. The van der Waals surface area contributed by atoms with Crippen molar-refractivity contribution >= 4 is 0 Å². The van der Waals surface area contributed by atoms with Crippen LogP contribution in [0.5, 0.6) is 0 Å². The van der Waals surface area contributed by atoms with E-state index in [1.54, 1.807) is 0 Å². The first-order chi connectivity index (χ1) is 9.15. The van der Waals surface area contributed by atoms with Crippen molar-refractivity contribution in [1.29, 1.82) is 0 Å². The SMILES string of the molecule is CC(C)C(c1ccccc1)N1CCCC(C)C1CN. The lowest BCUT2D eigenvalue weighted by Crippen LogP contribution is -2.51. The Morgan fingerprint density at radius 2 is 1.95 bits per heavy atom. The molecule has 0 amide bonds. The van der Waals surface area contributed by atoms with Gasteiger partial charge in [0.05, 0.1) is 0 Å². The lowest BCUT2D eigenvalue weighted by Gasteiger charge is -2.45. The first kappa shape index (κ1) is 14.5. The van der Waals surface area contributed by atoms with Crippen LogP contribution in [0.1, 0.15) is 45.2 Å². The molecule has 0 aromatic heterocycles. The molecule has 2 heteroatoms. The zero-order chi connectivity index (χ0) is 13.8. The van der Waals surface area contributed by atoms with Crippen molar-refractivity contribution in [2.45, 2.75) is 45.7 Å². The molecule has 1 heterocycles. The van der Waals surface area contributed by atoms with Crippen LogP contribution in [0.3, 0.4) is 0 Å². The van der Waals surface area contributed by atoms with Crippen LogP contribution in [-0.2, 0) is 0 Å². The first-order valence-electron chi connectivity index (χ1n) is 7.66. The number of hydrogen-bond donors (Lipinski definition) is 1. The van der Waals surface area contributed by atoms with Gasteiger partial charge < -0.3 is 5.73 Å². The van der Waals surface area contributed by atoms with Crippen LogP contribution in [0, 0.1) is 11.8 Å². The quantitative estimate of drug-likeness (QED) is 0.898. The number of nitrogens with two attached hydrogens (primary N) is 1. The zero-order valence-corrected chi connectivity index (χ0v) is 12.5. The Morgan fingerprint density at radius 3 is 2.53 bits per heavy atom. The van der Waals surface area contributed by atoms with E-state index >= 15 is 0 Å². The van der Waals surface area contributed by atoms with E-state index in [4.69, 9.17) is 5.73 Å². The molecule has 106 valence electrons. The highest BCUT2D eigenvalue weighted by atomic mass is 15.2. The van der Waals surface area contributed by atoms with Crippen LogP contribution in [-0.4, -0.2) is 24.0 Å². The monoisotopic (exact) mass is 260 g/mol. The van der Waals surface area contributed by atoms with Gasteiger partial charge in [-0.1, -0.05) is 51.1 Å². The lowest BCUT2D eigenvalue weighted by molar-refractivity contribution is 0.0409.